The van der Waals surface area contributed by atoms with Crippen LogP contribution >= 0.6 is 11.3 Å². The number of nitrogens with zero attached hydrogens (tertiary/aromatic N) is 2. The van der Waals surface area contributed by atoms with Crippen LogP contribution in [0, 0.1) is 6.92 Å². The molecule has 0 aliphatic carbocycles. The fourth-order valence-corrected chi connectivity index (χ4v) is 2.05. The van der Waals surface area contributed by atoms with Crippen molar-refractivity contribution in [2.45, 2.75) is 39.8 Å². The molecule has 2 aromatic rings. The van der Waals surface area contributed by atoms with Gasteiger partial charge in [-0.3, -0.25) is 0 Å². The number of ether oxygens (including phenoxy) is 1. The fraction of sp³-hybridized carbons (Fsp3) is 0.429. The Kier molecular flexibility index (Phi) is 4.17. The second-order valence-corrected chi connectivity index (χ2v) is 6.50. The molecule has 0 aliphatic rings. The first kappa shape index (κ1) is 14.0. The molecule has 0 aliphatic heterocycles. The first-order valence-corrected chi connectivity index (χ1v) is 7.06. The van der Waals surface area contributed by atoms with Gasteiger partial charge in [0.1, 0.15) is 10.8 Å². The summed E-state index contributed by atoms with van der Waals surface area (Å²) < 4.78 is 5.66. The third kappa shape index (κ3) is 4.61. The summed E-state index contributed by atoms with van der Waals surface area (Å²) in [6.45, 7) is 9.12. The van der Waals surface area contributed by atoms with Crippen LogP contribution in [0.1, 0.15) is 31.3 Å². The average molecular weight is 277 g/mol. The van der Waals surface area contributed by atoms with E-state index in [-0.39, 0.29) is 5.54 Å². The van der Waals surface area contributed by atoms with Gasteiger partial charge in [-0.05, 0) is 39.8 Å². The Balaban J connectivity index is 1.95. The van der Waals surface area contributed by atoms with Crippen LogP contribution < -0.4 is 10.1 Å². The third-order valence-corrected chi connectivity index (χ3v) is 3.25. The molecule has 0 amide bonds. The van der Waals surface area contributed by atoms with E-state index in [1.165, 1.54) is 16.9 Å². The first-order valence-electron chi connectivity index (χ1n) is 6.24. The van der Waals surface area contributed by atoms with Crippen LogP contribution in [-0.2, 0) is 6.54 Å². The molecule has 102 valence electrons. The van der Waals surface area contributed by atoms with E-state index in [0.717, 1.165) is 10.8 Å². The largest absolute Gasteiger partial charge is 0.430 e. The van der Waals surface area contributed by atoms with Gasteiger partial charge in [-0.1, -0.05) is 34.1 Å². The second kappa shape index (κ2) is 5.67. The molecular formula is C14H19N3OS. The van der Waals surface area contributed by atoms with Gasteiger partial charge in [-0.2, -0.15) is 0 Å². The summed E-state index contributed by atoms with van der Waals surface area (Å²) in [5.74, 6) is 0.789. The van der Waals surface area contributed by atoms with Crippen LogP contribution in [0.15, 0.2) is 24.3 Å². The SMILES string of the molecule is Cc1ccc(Oc2nnc(CNC(C)(C)C)s2)cc1. The van der Waals surface area contributed by atoms with Gasteiger partial charge in [0.2, 0.25) is 0 Å². The highest BCUT2D eigenvalue weighted by molar-refractivity contribution is 7.13. The molecule has 0 saturated heterocycles. The van der Waals surface area contributed by atoms with Crippen molar-refractivity contribution in [3.8, 4) is 10.9 Å². The maximum absolute atomic E-state index is 5.66. The van der Waals surface area contributed by atoms with Gasteiger partial charge in [0, 0.05) is 5.54 Å². The van der Waals surface area contributed by atoms with E-state index in [4.69, 9.17) is 4.74 Å². The maximum atomic E-state index is 5.66. The molecule has 0 atom stereocenters. The zero-order valence-corrected chi connectivity index (χ0v) is 12.5. The van der Waals surface area contributed by atoms with Gasteiger partial charge in [-0.15, -0.1) is 5.10 Å². The van der Waals surface area contributed by atoms with Crippen molar-refractivity contribution in [1.29, 1.82) is 0 Å². The minimum Gasteiger partial charge on any atom is -0.430 e. The van der Waals surface area contributed by atoms with Crippen LogP contribution in [0.2, 0.25) is 0 Å². The van der Waals surface area contributed by atoms with Crippen molar-refractivity contribution in [1.82, 2.24) is 15.5 Å². The summed E-state index contributed by atoms with van der Waals surface area (Å²) >= 11 is 1.47. The molecule has 19 heavy (non-hydrogen) atoms. The van der Waals surface area contributed by atoms with Crippen molar-refractivity contribution in [3.05, 3.63) is 34.8 Å². The van der Waals surface area contributed by atoms with Crippen molar-refractivity contribution >= 4 is 11.3 Å². The van der Waals surface area contributed by atoms with E-state index >= 15 is 0 Å². The van der Waals surface area contributed by atoms with E-state index < -0.39 is 0 Å². The van der Waals surface area contributed by atoms with Crippen molar-refractivity contribution in [2.24, 2.45) is 0 Å². The lowest BCUT2D eigenvalue weighted by Gasteiger charge is -2.19. The molecule has 1 aromatic heterocycles. The highest BCUT2D eigenvalue weighted by atomic mass is 32.1. The Bertz CT molecular complexity index is 528. The zero-order chi connectivity index (χ0) is 13.9. The summed E-state index contributed by atoms with van der Waals surface area (Å²) in [5, 5.41) is 13.0. The average Bonchev–Trinajstić information content (AvgIpc) is 2.77. The smallest absolute Gasteiger partial charge is 0.299 e. The summed E-state index contributed by atoms with van der Waals surface area (Å²) in [6, 6.07) is 7.89. The van der Waals surface area contributed by atoms with Crippen molar-refractivity contribution < 1.29 is 4.74 Å². The van der Waals surface area contributed by atoms with E-state index in [1.54, 1.807) is 0 Å². The van der Waals surface area contributed by atoms with E-state index in [9.17, 15) is 0 Å². The lowest BCUT2D eigenvalue weighted by molar-refractivity contribution is 0.423. The Morgan fingerprint density at radius 2 is 1.84 bits per heavy atom. The molecule has 0 bridgehead atoms. The van der Waals surface area contributed by atoms with Gasteiger partial charge < -0.3 is 10.1 Å². The zero-order valence-electron chi connectivity index (χ0n) is 11.7. The standard InChI is InChI=1S/C14H19N3OS/c1-10-5-7-11(8-6-10)18-13-17-16-12(19-13)9-15-14(2,3)4/h5-8,15H,9H2,1-4H3. The number of aryl methyl sites for hydroxylation is 1. The molecule has 4 nitrogen and oxygen atoms in total. The monoisotopic (exact) mass is 277 g/mol. The van der Waals surface area contributed by atoms with E-state index in [1.807, 2.05) is 31.2 Å². The number of aromatic nitrogens is 2. The maximum Gasteiger partial charge on any atom is 0.299 e. The van der Waals surface area contributed by atoms with Crippen LogP contribution in [0.3, 0.4) is 0 Å². The number of rotatable bonds is 4. The van der Waals surface area contributed by atoms with Crippen LogP contribution in [0.4, 0.5) is 0 Å². The molecule has 2 rings (SSSR count). The van der Waals surface area contributed by atoms with Gasteiger partial charge in [-0.25, -0.2) is 0 Å². The molecule has 0 fully saturated rings. The summed E-state index contributed by atoms with van der Waals surface area (Å²) in [6.07, 6.45) is 0. The molecule has 0 radical (unpaired) electrons. The highest BCUT2D eigenvalue weighted by Crippen LogP contribution is 2.25. The molecule has 0 spiro atoms. The number of hydrogen-bond acceptors (Lipinski definition) is 5. The van der Waals surface area contributed by atoms with Crippen LogP contribution in [-0.4, -0.2) is 15.7 Å². The minimum absolute atomic E-state index is 0.0731. The molecule has 0 saturated carbocycles. The Hall–Kier alpha value is -1.46. The van der Waals surface area contributed by atoms with Gasteiger partial charge >= 0.3 is 0 Å². The lowest BCUT2D eigenvalue weighted by atomic mass is 10.1. The Morgan fingerprint density at radius 3 is 2.47 bits per heavy atom. The number of benzene rings is 1. The quantitative estimate of drug-likeness (QED) is 0.928. The molecule has 1 N–H and O–H groups in total. The summed E-state index contributed by atoms with van der Waals surface area (Å²) in [4.78, 5) is 0. The summed E-state index contributed by atoms with van der Waals surface area (Å²) in [7, 11) is 0. The van der Waals surface area contributed by atoms with Crippen LogP contribution in [0.5, 0.6) is 10.9 Å². The van der Waals surface area contributed by atoms with E-state index in [0.29, 0.717) is 11.7 Å². The van der Waals surface area contributed by atoms with Gasteiger partial charge in [0.05, 0.1) is 6.54 Å². The predicted octanol–water partition coefficient (Wildman–Crippen LogP) is 3.53. The molecule has 1 aromatic carbocycles. The van der Waals surface area contributed by atoms with Gasteiger partial charge in [0.25, 0.3) is 5.19 Å². The summed E-state index contributed by atoms with van der Waals surface area (Å²) in [5.41, 5.74) is 1.28. The first-order chi connectivity index (χ1) is 8.92. The predicted molar refractivity (Wildman–Crippen MR) is 77.8 cm³/mol. The minimum atomic E-state index is 0.0731. The lowest BCUT2D eigenvalue weighted by Crippen LogP contribution is -2.35. The number of hydrogen-bond donors (Lipinski definition) is 1. The Morgan fingerprint density at radius 1 is 1.16 bits per heavy atom. The number of nitrogens with one attached hydrogen (secondary N) is 1. The molecule has 0 unspecified atom stereocenters. The fourth-order valence-electron chi connectivity index (χ4n) is 1.40. The third-order valence-electron chi connectivity index (χ3n) is 2.44. The van der Waals surface area contributed by atoms with Gasteiger partial charge in [0.15, 0.2) is 0 Å². The normalized spacial score (nSPS) is 11.6. The highest BCUT2D eigenvalue weighted by Gasteiger charge is 2.11. The van der Waals surface area contributed by atoms with Crippen LogP contribution in [0.25, 0.3) is 0 Å². The topological polar surface area (TPSA) is 47.0 Å². The van der Waals surface area contributed by atoms with Crippen molar-refractivity contribution in [3.63, 3.8) is 0 Å². The van der Waals surface area contributed by atoms with E-state index in [2.05, 4.69) is 36.3 Å². The van der Waals surface area contributed by atoms with Crippen molar-refractivity contribution in [2.75, 3.05) is 0 Å². The second-order valence-electron chi connectivity index (χ2n) is 5.48. The Labute approximate surface area is 117 Å². The molecular weight excluding hydrogens is 258 g/mol. The molecule has 5 heteroatoms. The molecule has 1 heterocycles.